The van der Waals surface area contributed by atoms with E-state index < -0.39 is 23.2 Å². The van der Waals surface area contributed by atoms with Crippen molar-refractivity contribution in [3.05, 3.63) is 52.7 Å². The molecule has 0 unspecified atom stereocenters. The molecule has 7 heteroatoms. The highest BCUT2D eigenvalue weighted by atomic mass is 35.5. The van der Waals surface area contributed by atoms with Crippen molar-refractivity contribution < 1.29 is 18.7 Å². The Hall–Kier alpha value is -1.66. The summed E-state index contributed by atoms with van der Waals surface area (Å²) >= 11 is 6.46. The zero-order valence-electron chi connectivity index (χ0n) is 9.23. The molecule has 0 aliphatic rings. The minimum Gasteiger partial charge on any atom is -0.478 e. The summed E-state index contributed by atoms with van der Waals surface area (Å²) in [4.78, 5) is 14.9. The van der Waals surface area contributed by atoms with E-state index in [2.05, 4.69) is 4.98 Å². The lowest BCUT2D eigenvalue weighted by molar-refractivity contribution is 0.0691. The third-order valence-electron chi connectivity index (χ3n) is 2.16. The molecule has 0 amide bonds. The zero-order chi connectivity index (χ0) is 14.0. The Bertz CT molecular complexity index is 652. The Kier molecular flexibility index (Phi) is 4.01. The molecule has 3 nitrogen and oxygen atoms in total. The highest BCUT2D eigenvalue weighted by molar-refractivity contribution is 7.99. The van der Waals surface area contributed by atoms with Crippen molar-refractivity contribution >= 4 is 29.3 Å². The molecule has 0 fully saturated rings. The van der Waals surface area contributed by atoms with Gasteiger partial charge < -0.3 is 5.11 Å². The van der Waals surface area contributed by atoms with Crippen molar-refractivity contribution in [2.75, 3.05) is 0 Å². The van der Waals surface area contributed by atoms with Crippen LogP contribution in [0.5, 0.6) is 0 Å². The fourth-order valence-electron chi connectivity index (χ4n) is 1.32. The molecule has 1 aromatic carbocycles. The molecule has 0 spiro atoms. The van der Waals surface area contributed by atoms with Crippen molar-refractivity contribution in [3.63, 3.8) is 0 Å². The van der Waals surface area contributed by atoms with Gasteiger partial charge in [-0.15, -0.1) is 0 Å². The monoisotopic (exact) mass is 301 g/mol. The van der Waals surface area contributed by atoms with Crippen LogP contribution in [-0.2, 0) is 0 Å². The minimum absolute atomic E-state index is 0.0346. The van der Waals surface area contributed by atoms with Gasteiger partial charge in [0.25, 0.3) is 0 Å². The molecular weight excluding hydrogens is 296 g/mol. The number of aromatic carboxylic acids is 1. The van der Waals surface area contributed by atoms with Crippen LogP contribution >= 0.6 is 23.4 Å². The Morgan fingerprint density at radius 2 is 2.00 bits per heavy atom. The smallest absolute Gasteiger partial charge is 0.338 e. The van der Waals surface area contributed by atoms with Crippen LogP contribution in [0.3, 0.4) is 0 Å². The summed E-state index contributed by atoms with van der Waals surface area (Å²) < 4.78 is 26.7. The molecule has 0 bridgehead atoms. The zero-order valence-corrected chi connectivity index (χ0v) is 10.8. The van der Waals surface area contributed by atoms with Gasteiger partial charge in [0, 0.05) is 11.1 Å². The van der Waals surface area contributed by atoms with Crippen LogP contribution in [0, 0.1) is 11.6 Å². The topological polar surface area (TPSA) is 50.2 Å². The number of hydrogen-bond donors (Lipinski definition) is 1. The standard InChI is InChI=1S/C12H6ClF2NO2S/c13-6-3-10(15)11(16-5-6)19-7-1-2-9(14)8(4-7)12(17)18/h1-5H,(H,17,18). The summed E-state index contributed by atoms with van der Waals surface area (Å²) in [6, 6.07) is 4.58. The fraction of sp³-hybridized carbons (Fsp3) is 0. The molecule has 19 heavy (non-hydrogen) atoms. The van der Waals surface area contributed by atoms with E-state index in [4.69, 9.17) is 16.7 Å². The number of aromatic nitrogens is 1. The maximum Gasteiger partial charge on any atom is 0.338 e. The van der Waals surface area contributed by atoms with Crippen LogP contribution in [-0.4, -0.2) is 16.1 Å². The second kappa shape index (κ2) is 5.54. The summed E-state index contributed by atoms with van der Waals surface area (Å²) in [6.45, 7) is 0. The van der Waals surface area contributed by atoms with Gasteiger partial charge in [-0.1, -0.05) is 23.4 Å². The lowest BCUT2D eigenvalue weighted by atomic mass is 10.2. The first-order chi connectivity index (χ1) is 8.97. The van der Waals surface area contributed by atoms with Gasteiger partial charge >= 0.3 is 5.97 Å². The van der Waals surface area contributed by atoms with Crippen molar-refractivity contribution in [2.45, 2.75) is 9.92 Å². The van der Waals surface area contributed by atoms with E-state index in [1.807, 2.05) is 0 Å². The predicted molar refractivity (Wildman–Crippen MR) is 66.7 cm³/mol. The van der Waals surface area contributed by atoms with Gasteiger partial charge in [-0.05, 0) is 24.3 Å². The Labute approximate surface area is 116 Å². The lowest BCUT2D eigenvalue weighted by Crippen LogP contribution is -2.00. The maximum atomic E-state index is 13.5. The molecule has 1 aromatic heterocycles. The van der Waals surface area contributed by atoms with E-state index >= 15 is 0 Å². The number of carbonyl (C=O) groups is 1. The molecule has 2 rings (SSSR count). The second-order valence-corrected chi connectivity index (χ2v) is 4.99. The van der Waals surface area contributed by atoms with Crippen molar-refractivity contribution in [1.29, 1.82) is 0 Å². The molecule has 2 aromatic rings. The lowest BCUT2D eigenvalue weighted by Gasteiger charge is -2.04. The summed E-state index contributed by atoms with van der Waals surface area (Å²) in [7, 11) is 0. The van der Waals surface area contributed by atoms with Gasteiger partial charge in [0.15, 0.2) is 5.82 Å². The van der Waals surface area contributed by atoms with Crippen LogP contribution < -0.4 is 0 Å². The Morgan fingerprint density at radius 1 is 1.26 bits per heavy atom. The Morgan fingerprint density at radius 3 is 2.63 bits per heavy atom. The van der Waals surface area contributed by atoms with Crippen LogP contribution in [0.15, 0.2) is 40.4 Å². The average molecular weight is 302 g/mol. The first-order valence-corrected chi connectivity index (χ1v) is 6.18. The van der Waals surface area contributed by atoms with E-state index in [0.717, 1.165) is 30.0 Å². The van der Waals surface area contributed by atoms with Crippen LogP contribution in [0.25, 0.3) is 0 Å². The quantitative estimate of drug-likeness (QED) is 0.935. The van der Waals surface area contributed by atoms with Crippen molar-refractivity contribution in [3.8, 4) is 0 Å². The van der Waals surface area contributed by atoms with Gasteiger partial charge in [0.05, 0.1) is 10.6 Å². The molecule has 0 radical (unpaired) electrons. The summed E-state index contributed by atoms with van der Waals surface area (Å²) in [5.41, 5.74) is -0.473. The molecule has 0 saturated heterocycles. The summed E-state index contributed by atoms with van der Waals surface area (Å²) in [5.74, 6) is -2.86. The van der Waals surface area contributed by atoms with E-state index in [9.17, 15) is 13.6 Å². The number of carboxylic acid groups (broad SMARTS) is 1. The van der Waals surface area contributed by atoms with Gasteiger partial charge in [0.1, 0.15) is 10.8 Å². The molecule has 0 atom stereocenters. The number of pyridine rings is 1. The Balaban J connectivity index is 2.33. The molecular formula is C12H6ClF2NO2S. The fourth-order valence-corrected chi connectivity index (χ4v) is 2.26. The van der Waals surface area contributed by atoms with Gasteiger partial charge in [-0.3, -0.25) is 0 Å². The summed E-state index contributed by atoms with van der Waals surface area (Å²) in [5, 5.41) is 8.98. The van der Waals surface area contributed by atoms with E-state index in [0.29, 0.717) is 4.90 Å². The molecule has 1 N–H and O–H groups in total. The molecule has 0 saturated carbocycles. The highest BCUT2D eigenvalue weighted by Crippen LogP contribution is 2.30. The van der Waals surface area contributed by atoms with Crippen molar-refractivity contribution in [1.82, 2.24) is 4.98 Å². The maximum absolute atomic E-state index is 13.5. The van der Waals surface area contributed by atoms with E-state index in [1.165, 1.54) is 12.3 Å². The molecule has 98 valence electrons. The number of carboxylic acids is 1. The largest absolute Gasteiger partial charge is 0.478 e. The minimum atomic E-state index is -1.38. The molecule has 0 aliphatic carbocycles. The number of halogens is 3. The van der Waals surface area contributed by atoms with Gasteiger partial charge in [0.2, 0.25) is 0 Å². The molecule has 1 heterocycles. The van der Waals surface area contributed by atoms with E-state index in [1.54, 1.807) is 0 Å². The van der Waals surface area contributed by atoms with Gasteiger partial charge in [-0.25, -0.2) is 18.6 Å². The summed E-state index contributed by atoms with van der Waals surface area (Å²) in [6.07, 6.45) is 1.27. The number of benzene rings is 1. The van der Waals surface area contributed by atoms with Crippen LogP contribution in [0.1, 0.15) is 10.4 Å². The number of rotatable bonds is 3. The van der Waals surface area contributed by atoms with E-state index in [-0.39, 0.29) is 10.0 Å². The van der Waals surface area contributed by atoms with Gasteiger partial charge in [-0.2, -0.15) is 0 Å². The second-order valence-electron chi connectivity index (χ2n) is 3.49. The third-order valence-corrected chi connectivity index (χ3v) is 3.35. The third kappa shape index (κ3) is 3.21. The average Bonchev–Trinajstić information content (AvgIpc) is 2.34. The van der Waals surface area contributed by atoms with Crippen LogP contribution in [0.4, 0.5) is 8.78 Å². The normalized spacial score (nSPS) is 10.5. The highest BCUT2D eigenvalue weighted by Gasteiger charge is 2.13. The molecule has 0 aliphatic heterocycles. The van der Waals surface area contributed by atoms with Crippen LogP contribution in [0.2, 0.25) is 5.02 Å². The number of nitrogens with zero attached hydrogens (tertiary/aromatic N) is 1. The predicted octanol–water partition coefficient (Wildman–Crippen LogP) is 3.86. The first-order valence-electron chi connectivity index (χ1n) is 4.99. The first kappa shape index (κ1) is 13.8. The van der Waals surface area contributed by atoms with Crippen molar-refractivity contribution in [2.24, 2.45) is 0 Å². The SMILES string of the molecule is O=C(O)c1cc(Sc2ncc(Cl)cc2F)ccc1F. The number of hydrogen-bond acceptors (Lipinski definition) is 3.